The molecule has 0 aliphatic carbocycles. The molecule has 16 heavy (non-hydrogen) atoms. The fraction of sp³-hybridized carbons (Fsp3) is 0.500. The van der Waals surface area contributed by atoms with E-state index < -0.39 is 0 Å². The van der Waals surface area contributed by atoms with E-state index >= 15 is 0 Å². The van der Waals surface area contributed by atoms with E-state index in [1.807, 2.05) is 13.2 Å². The minimum atomic E-state index is 0.799. The third-order valence-corrected chi connectivity index (χ3v) is 3.27. The molecule has 1 N–H and O–H groups in total. The van der Waals surface area contributed by atoms with Crippen LogP contribution in [0.5, 0.6) is 0 Å². The Morgan fingerprint density at radius 2 is 2.31 bits per heavy atom. The summed E-state index contributed by atoms with van der Waals surface area (Å²) >= 11 is 1.76. The Morgan fingerprint density at radius 3 is 2.94 bits per heavy atom. The molecular weight excluding hydrogens is 222 g/mol. The minimum absolute atomic E-state index is 0.799. The lowest BCUT2D eigenvalue weighted by molar-refractivity contribution is 0.616. The van der Waals surface area contributed by atoms with Gasteiger partial charge in [-0.2, -0.15) is 0 Å². The Balaban J connectivity index is 1.71. The zero-order valence-corrected chi connectivity index (χ0v) is 10.3. The molecule has 5 nitrogen and oxygen atoms in total. The largest absolute Gasteiger partial charge is 0.311 e. The number of rotatable bonds is 5. The first-order valence-corrected chi connectivity index (χ1v) is 6.03. The molecule has 0 aromatic carbocycles. The Bertz CT molecular complexity index is 448. The zero-order valence-electron chi connectivity index (χ0n) is 9.47. The average molecular weight is 237 g/mol. The number of aryl methyl sites for hydroxylation is 2. The number of hydrogen-bond donors (Lipinski definition) is 1. The number of nitrogens with one attached hydrogen (secondary N) is 1. The Kier molecular flexibility index (Phi) is 3.63. The third kappa shape index (κ3) is 2.86. The van der Waals surface area contributed by atoms with Crippen LogP contribution in [0.3, 0.4) is 0 Å². The van der Waals surface area contributed by atoms with Crippen molar-refractivity contribution in [1.82, 2.24) is 25.3 Å². The quantitative estimate of drug-likeness (QED) is 0.785. The smallest absolute Gasteiger partial charge is 0.0940 e. The molecule has 86 valence electrons. The summed E-state index contributed by atoms with van der Waals surface area (Å²) in [4.78, 5) is 5.59. The molecular formula is C10H15N5S. The normalized spacial score (nSPS) is 10.9. The van der Waals surface area contributed by atoms with E-state index in [0.717, 1.165) is 25.2 Å². The molecule has 6 heteroatoms. The summed E-state index contributed by atoms with van der Waals surface area (Å²) in [6.45, 7) is 3.81. The van der Waals surface area contributed by atoms with Gasteiger partial charge in [0, 0.05) is 37.6 Å². The molecule has 2 heterocycles. The minimum Gasteiger partial charge on any atom is -0.311 e. The van der Waals surface area contributed by atoms with Crippen LogP contribution in [-0.4, -0.2) is 26.5 Å². The Hall–Kier alpha value is -1.27. The summed E-state index contributed by atoms with van der Waals surface area (Å²) in [5.41, 5.74) is 1.09. The van der Waals surface area contributed by atoms with Crippen molar-refractivity contribution in [2.75, 3.05) is 6.54 Å². The maximum atomic E-state index is 4.32. The molecule has 0 amide bonds. The number of thiazole rings is 1. The first kappa shape index (κ1) is 11.2. The summed E-state index contributed by atoms with van der Waals surface area (Å²) in [6, 6.07) is 0. The first-order chi connectivity index (χ1) is 7.75. The lowest BCUT2D eigenvalue weighted by Crippen LogP contribution is -2.18. The molecule has 2 aromatic rings. The summed E-state index contributed by atoms with van der Waals surface area (Å²) in [5.74, 6) is 0. The van der Waals surface area contributed by atoms with Crippen molar-refractivity contribution in [3.8, 4) is 0 Å². The molecule has 0 fully saturated rings. The van der Waals surface area contributed by atoms with Crippen molar-refractivity contribution in [2.45, 2.75) is 19.9 Å². The number of hydrogen-bond acceptors (Lipinski definition) is 5. The maximum absolute atomic E-state index is 4.32. The van der Waals surface area contributed by atoms with Crippen molar-refractivity contribution in [3.05, 3.63) is 28.0 Å². The van der Waals surface area contributed by atoms with Gasteiger partial charge in [0.05, 0.1) is 16.9 Å². The molecule has 0 aliphatic rings. The average Bonchev–Trinajstić information content (AvgIpc) is 2.83. The Morgan fingerprint density at radius 1 is 1.44 bits per heavy atom. The monoisotopic (exact) mass is 237 g/mol. The molecule has 0 spiro atoms. The van der Waals surface area contributed by atoms with E-state index in [1.165, 1.54) is 9.88 Å². The zero-order chi connectivity index (χ0) is 11.4. The lowest BCUT2D eigenvalue weighted by Gasteiger charge is -2.02. The van der Waals surface area contributed by atoms with Gasteiger partial charge in [0.2, 0.25) is 0 Å². The van der Waals surface area contributed by atoms with Crippen molar-refractivity contribution in [2.24, 2.45) is 7.05 Å². The van der Waals surface area contributed by atoms with Crippen LogP contribution in [0.1, 0.15) is 15.6 Å². The van der Waals surface area contributed by atoms with Crippen molar-refractivity contribution >= 4 is 11.3 Å². The fourth-order valence-corrected chi connectivity index (χ4v) is 2.19. The molecule has 0 unspecified atom stereocenters. The molecule has 0 saturated carbocycles. The maximum Gasteiger partial charge on any atom is 0.0940 e. The molecule has 2 aromatic heterocycles. The SMILES string of the molecule is Cc1cnc(CCNCc2cnnn2C)s1. The van der Waals surface area contributed by atoms with Crippen LogP contribution in [-0.2, 0) is 20.0 Å². The van der Waals surface area contributed by atoms with E-state index in [2.05, 4.69) is 27.5 Å². The highest BCUT2D eigenvalue weighted by molar-refractivity contribution is 7.11. The topological polar surface area (TPSA) is 55.6 Å². The second-order valence-corrected chi connectivity index (χ2v) is 4.96. The van der Waals surface area contributed by atoms with E-state index in [1.54, 1.807) is 22.2 Å². The Labute approximate surface area is 98.5 Å². The van der Waals surface area contributed by atoms with E-state index in [9.17, 15) is 0 Å². The highest BCUT2D eigenvalue weighted by atomic mass is 32.1. The van der Waals surface area contributed by atoms with Crippen molar-refractivity contribution in [3.63, 3.8) is 0 Å². The first-order valence-electron chi connectivity index (χ1n) is 5.21. The van der Waals surface area contributed by atoms with E-state index in [4.69, 9.17) is 0 Å². The standard InChI is InChI=1S/C10H15N5S/c1-8-5-12-10(16-8)3-4-11-6-9-7-13-14-15(9)2/h5,7,11H,3-4,6H2,1-2H3. The van der Waals surface area contributed by atoms with E-state index in [-0.39, 0.29) is 0 Å². The van der Waals surface area contributed by atoms with Gasteiger partial charge in [0.25, 0.3) is 0 Å². The van der Waals surface area contributed by atoms with Crippen LogP contribution in [0.25, 0.3) is 0 Å². The highest BCUT2D eigenvalue weighted by Crippen LogP contribution is 2.10. The third-order valence-electron chi connectivity index (χ3n) is 2.30. The van der Waals surface area contributed by atoms with Gasteiger partial charge >= 0.3 is 0 Å². The van der Waals surface area contributed by atoms with Gasteiger partial charge in [-0.15, -0.1) is 16.4 Å². The summed E-state index contributed by atoms with van der Waals surface area (Å²) < 4.78 is 1.78. The van der Waals surface area contributed by atoms with Crippen LogP contribution in [0.4, 0.5) is 0 Å². The lowest BCUT2D eigenvalue weighted by atomic mass is 10.4. The summed E-state index contributed by atoms with van der Waals surface area (Å²) in [7, 11) is 1.90. The predicted molar refractivity (Wildman–Crippen MR) is 63.3 cm³/mol. The van der Waals surface area contributed by atoms with Crippen LogP contribution >= 0.6 is 11.3 Å². The summed E-state index contributed by atoms with van der Waals surface area (Å²) in [5, 5.41) is 12.2. The molecule has 0 saturated heterocycles. The van der Waals surface area contributed by atoms with Gasteiger partial charge in [-0.1, -0.05) is 5.21 Å². The van der Waals surface area contributed by atoms with Crippen molar-refractivity contribution in [1.29, 1.82) is 0 Å². The fourth-order valence-electron chi connectivity index (χ4n) is 1.40. The van der Waals surface area contributed by atoms with Gasteiger partial charge in [-0.05, 0) is 6.92 Å². The van der Waals surface area contributed by atoms with Crippen LogP contribution in [0.15, 0.2) is 12.4 Å². The van der Waals surface area contributed by atoms with Gasteiger partial charge < -0.3 is 5.32 Å². The molecule has 0 radical (unpaired) electrons. The number of nitrogens with zero attached hydrogens (tertiary/aromatic N) is 4. The molecule has 0 aliphatic heterocycles. The van der Waals surface area contributed by atoms with Crippen LogP contribution in [0.2, 0.25) is 0 Å². The van der Waals surface area contributed by atoms with Crippen LogP contribution < -0.4 is 5.32 Å². The van der Waals surface area contributed by atoms with Gasteiger partial charge in [0.15, 0.2) is 0 Å². The van der Waals surface area contributed by atoms with E-state index in [0.29, 0.717) is 0 Å². The second kappa shape index (κ2) is 5.18. The van der Waals surface area contributed by atoms with Gasteiger partial charge in [0.1, 0.15) is 0 Å². The van der Waals surface area contributed by atoms with Crippen molar-refractivity contribution < 1.29 is 0 Å². The van der Waals surface area contributed by atoms with Gasteiger partial charge in [-0.25, -0.2) is 4.98 Å². The second-order valence-electron chi connectivity index (χ2n) is 3.64. The molecule has 2 rings (SSSR count). The predicted octanol–water partition coefficient (Wildman–Crippen LogP) is 0.912. The molecule has 0 atom stereocenters. The highest BCUT2D eigenvalue weighted by Gasteiger charge is 2.00. The van der Waals surface area contributed by atoms with Gasteiger partial charge in [-0.3, -0.25) is 4.68 Å². The number of aromatic nitrogens is 4. The summed E-state index contributed by atoms with van der Waals surface area (Å²) in [6.07, 6.45) is 4.68. The molecule has 0 bridgehead atoms. The van der Waals surface area contributed by atoms with Crippen LogP contribution in [0, 0.1) is 6.92 Å².